The van der Waals surface area contributed by atoms with Crippen molar-refractivity contribution in [2.24, 2.45) is 4.99 Å². The maximum atomic E-state index is 12.3. The second-order valence-corrected chi connectivity index (χ2v) is 7.51. The number of hydrogen-bond acceptors (Lipinski definition) is 5. The highest BCUT2D eigenvalue weighted by atomic mass is 32.2. The maximum absolute atomic E-state index is 12.3. The number of nitrogens with zero attached hydrogens (tertiary/aromatic N) is 1. The van der Waals surface area contributed by atoms with Crippen molar-refractivity contribution in [3.8, 4) is 5.75 Å². The summed E-state index contributed by atoms with van der Waals surface area (Å²) in [5.41, 5.74) is 1.94. The summed E-state index contributed by atoms with van der Waals surface area (Å²) in [5.74, 6) is -1.17. The van der Waals surface area contributed by atoms with Crippen molar-refractivity contribution < 1.29 is 19.8 Å². The maximum Gasteiger partial charge on any atom is 0.307 e. The number of nitrogens with one attached hydrogen (secondary N) is 1. The molecule has 0 atom stereocenters. The summed E-state index contributed by atoms with van der Waals surface area (Å²) in [5, 5.41) is 24.5. The summed E-state index contributed by atoms with van der Waals surface area (Å²) in [6, 6.07) is 18.1. The van der Waals surface area contributed by atoms with E-state index < -0.39 is 5.97 Å². The number of rotatable bonds is 4. The third-order valence-electron chi connectivity index (χ3n) is 4.36. The van der Waals surface area contributed by atoms with Crippen LogP contribution in [0, 0.1) is 0 Å². The van der Waals surface area contributed by atoms with Crippen LogP contribution in [-0.4, -0.2) is 27.3 Å². The van der Waals surface area contributed by atoms with Crippen LogP contribution in [0.4, 0.5) is 5.69 Å². The summed E-state index contributed by atoms with van der Waals surface area (Å²) >= 11 is 1.18. The van der Waals surface area contributed by atoms with E-state index in [2.05, 4.69) is 10.3 Å². The number of amidine groups is 1. The molecule has 3 aromatic carbocycles. The number of aliphatic imine (C=N–C) groups is 1. The minimum atomic E-state index is -0.890. The van der Waals surface area contributed by atoms with Gasteiger partial charge in [0, 0.05) is 11.3 Å². The topological polar surface area (TPSA) is 99.0 Å². The summed E-state index contributed by atoms with van der Waals surface area (Å²) < 4.78 is 0. The van der Waals surface area contributed by atoms with E-state index in [1.165, 1.54) is 11.8 Å². The lowest BCUT2D eigenvalue weighted by atomic mass is 10.1. The van der Waals surface area contributed by atoms with Crippen LogP contribution in [0.3, 0.4) is 0 Å². The van der Waals surface area contributed by atoms with Crippen molar-refractivity contribution in [2.45, 2.75) is 6.42 Å². The number of aromatic hydroxyl groups is 1. The largest absolute Gasteiger partial charge is 0.507 e. The van der Waals surface area contributed by atoms with E-state index in [0.29, 0.717) is 26.9 Å². The fraction of sp³-hybridized carbons (Fsp3) is 0.0455. The van der Waals surface area contributed by atoms with Crippen LogP contribution in [0.2, 0.25) is 0 Å². The number of aliphatic carboxylic acids is 1. The summed E-state index contributed by atoms with van der Waals surface area (Å²) in [6.07, 6.45) is 1.58. The zero-order chi connectivity index (χ0) is 20.4. The molecule has 0 fully saturated rings. The molecule has 0 spiro atoms. The van der Waals surface area contributed by atoms with Crippen molar-refractivity contribution in [3.63, 3.8) is 0 Å². The molecular formula is C22H16N2O4S. The Hall–Kier alpha value is -3.58. The van der Waals surface area contributed by atoms with Crippen LogP contribution in [0.5, 0.6) is 5.75 Å². The number of phenolic OH excluding ortho intramolecular Hbond substituents is 1. The average Bonchev–Trinajstić information content (AvgIpc) is 3.02. The smallest absolute Gasteiger partial charge is 0.307 e. The molecule has 0 aliphatic carbocycles. The van der Waals surface area contributed by atoms with Crippen molar-refractivity contribution in [1.29, 1.82) is 0 Å². The SMILES string of the molecule is O=C(O)Cc1ccc(NC2=NC(=O)C(=Cc3cc4ccccc4cc3O)S2)cc1. The number of carboxylic acids is 1. The van der Waals surface area contributed by atoms with Gasteiger partial charge in [-0.1, -0.05) is 36.4 Å². The Morgan fingerprint density at radius 1 is 1.07 bits per heavy atom. The Morgan fingerprint density at radius 2 is 1.76 bits per heavy atom. The first-order chi connectivity index (χ1) is 14.0. The van der Waals surface area contributed by atoms with Crippen LogP contribution in [-0.2, 0) is 16.0 Å². The molecule has 7 heteroatoms. The van der Waals surface area contributed by atoms with Crippen LogP contribution in [0.15, 0.2) is 70.6 Å². The van der Waals surface area contributed by atoms with Crippen molar-refractivity contribution in [3.05, 3.63) is 76.7 Å². The van der Waals surface area contributed by atoms with Crippen LogP contribution in [0.25, 0.3) is 16.8 Å². The molecule has 29 heavy (non-hydrogen) atoms. The fourth-order valence-electron chi connectivity index (χ4n) is 2.97. The summed E-state index contributed by atoms with van der Waals surface area (Å²) in [4.78, 5) is 27.4. The summed E-state index contributed by atoms with van der Waals surface area (Å²) in [7, 11) is 0. The Morgan fingerprint density at radius 3 is 2.45 bits per heavy atom. The molecule has 1 heterocycles. The van der Waals surface area contributed by atoms with Gasteiger partial charge in [0.1, 0.15) is 5.75 Å². The van der Waals surface area contributed by atoms with Gasteiger partial charge in [0.25, 0.3) is 5.91 Å². The van der Waals surface area contributed by atoms with Gasteiger partial charge in [0.05, 0.1) is 11.3 Å². The van der Waals surface area contributed by atoms with Gasteiger partial charge in [-0.05, 0) is 58.4 Å². The Kier molecular flexibility index (Phi) is 5.05. The second-order valence-electron chi connectivity index (χ2n) is 6.48. The van der Waals surface area contributed by atoms with Crippen LogP contribution >= 0.6 is 11.8 Å². The minimum Gasteiger partial charge on any atom is -0.507 e. The fourth-order valence-corrected chi connectivity index (χ4v) is 3.79. The lowest BCUT2D eigenvalue weighted by Crippen LogP contribution is -2.05. The number of benzene rings is 3. The quantitative estimate of drug-likeness (QED) is 0.562. The Bertz CT molecular complexity index is 1180. The number of thioether (sulfide) groups is 1. The van der Waals surface area contributed by atoms with E-state index in [1.54, 1.807) is 36.4 Å². The van der Waals surface area contributed by atoms with Crippen molar-refractivity contribution >= 4 is 51.3 Å². The summed E-state index contributed by atoms with van der Waals surface area (Å²) in [6.45, 7) is 0. The first kappa shape index (κ1) is 18.8. The van der Waals surface area contributed by atoms with E-state index in [9.17, 15) is 14.7 Å². The standard InChI is InChI=1S/C22H16N2O4S/c25-18-11-15-4-2-1-3-14(15)10-16(18)12-19-21(28)24-22(29-19)23-17-7-5-13(6-8-17)9-20(26)27/h1-8,10-12,25H,9H2,(H,26,27)(H,23,24,28). The van der Waals surface area contributed by atoms with Gasteiger partial charge < -0.3 is 15.5 Å². The highest BCUT2D eigenvalue weighted by Crippen LogP contribution is 2.33. The molecule has 0 unspecified atom stereocenters. The number of anilines is 1. The van der Waals surface area contributed by atoms with Gasteiger partial charge in [-0.15, -0.1) is 0 Å². The third-order valence-corrected chi connectivity index (χ3v) is 5.26. The van der Waals surface area contributed by atoms with E-state index in [-0.39, 0.29) is 18.1 Å². The highest BCUT2D eigenvalue weighted by Gasteiger charge is 2.22. The highest BCUT2D eigenvalue weighted by molar-refractivity contribution is 8.18. The normalized spacial score (nSPS) is 15.0. The molecule has 0 saturated carbocycles. The van der Waals surface area contributed by atoms with E-state index >= 15 is 0 Å². The molecule has 0 saturated heterocycles. The number of fused-ring (bicyclic) bond motifs is 1. The predicted molar refractivity (Wildman–Crippen MR) is 115 cm³/mol. The lowest BCUT2D eigenvalue weighted by Gasteiger charge is -2.06. The minimum absolute atomic E-state index is 0.0450. The lowest BCUT2D eigenvalue weighted by molar-refractivity contribution is -0.136. The molecule has 1 amide bonds. The third kappa shape index (κ3) is 4.30. The molecule has 0 bridgehead atoms. The number of hydrogen-bond donors (Lipinski definition) is 3. The van der Waals surface area contributed by atoms with Crippen LogP contribution < -0.4 is 5.32 Å². The van der Waals surface area contributed by atoms with E-state index in [1.807, 2.05) is 30.3 Å². The second kappa shape index (κ2) is 7.81. The first-order valence-corrected chi connectivity index (χ1v) is 9.62. The van der Waals surface area contributed by atoms with Gasteiger partial charge in [-0.25, -0.2) is 0 Å². The zero-order valence-electron chi connectivity index (χ0n) is 15.1. The van der Waals surface area contributed by atoms with Gasteiger partial charge in [-0.2, -0.15) is 4.99 Å². The van der Waals surface area contributed by atoms with Gasteiger partial charge in [0.2, 0.25) is 0 Å². The molecule has 1 aliphatic heterocycles. The molecule has 0 radical (unpaired) electrons. The van der Waals surface area contributed by atoms with Crippen molar-refractivity contribution in [2.75, 3.05) is 5.32 Å². The molecular weight excluding hydrogens is 388 g/mol. The van der Waals surface area contributed by atoms with Crippen molar-refractivity contribution in [1.82, 2.24) is 0 Å². The molecule has 3 N–H and O–H groups in total. The molecule has 0 aromatic heterocycles. The number of carbonyl (C=O) groups excluding carboxylic acids is 1. The molecule has 144 valence electrons. The Labute approximate surface area is 170 Å². The zero-order valence-corrected chi connectivity index (χ0v) is 15.9. The molecule has 4 rings (SSSR count). The van der Waals surface area contributed by atoms with Gasteiger partial charge in [-0.3, -0.25) is 9.59 Å². The number of carboxylic acid groups (broad SMARTS) is 1. The monoisotopic (exact) mass is 404 g/mol. The molecule has 6 nitrogen and oxygen atoms in total. The van der Waals surface area contributed by atoms with Gasteiger partial charge >= 0.3 is 5.97 Å². The van der Waals surface area contributed by atoms with E-state index in [4.69, 9.17) is 5.11 Å². The first-order valence-electron chi connectivity index (χ1n) is 8.80. The predicted octanol–water partition coefficient (Wildman–Crippen LogP) is 4.25. The van der Waals surface area contributed by atoms with Crippen LogP contribution in [0.1, 0.15) is 11.1 Å². The average molecular weight is 404 g/mol. The van der Waals surface area contributed by atoms with Gasteiger partial charge in [0.15, 0.2) is 5.17 Å². The van der Waals surface area contributed by atoms with E-state index in [0.717, 1.165) is 10.8 Å². The number of phenols is 1. The Balaban J connectivity index is 1.51. The molecule has 1 aliphatic rings. The molecule has 3 aromatic rings. The number of carbonyl (C=O) groups is 2. The number of amides is 1.